The van der Waals surface area contributed by atoms with Gasteiger partial charge in [0.15, 0.2) is 0 Å². The lowest BCUT2D eigenvalue weighted by Crippen LogP contribution is -2.23. The number of fused-ring (bicyclic) bond motifs is 1. The summed E-state index contributed by atoms with van der Waals surface area (Å²) in [5.74, 6) is -0.101. The molecule has 0 aliphatic heterocycles. The molecule has 3 rings (SSSR count). The third-order valence-electron chi connectivity index (χ3n) is 3.78. The summed E-state index contributed by atoms with van der Waals surface area (Å²) in [5.41, 5.74) is 4.89. The number of H-pyrrole nitrogens is 1. The van der Waals surface area contributed by atoms with Crippen molar-refractivity contribution in [2.45, 2.75) is 20.1 Å². The fourth-order valence-electron chi connectivity index (χ4n) is 2.65. The van der Waals surface area contributed by atoms with Crippen LogP contribution in [0.4, 0.5) is 0 Å². The van der Waals surface area contributed by atoms with Gasteiger partial charge in [0.05, 0.1) is 6.61 Å². The van der Waals surface area contributed by atoms with Crippen molar-refractivity contribution in [3.05, 3.63) is 70.9 Å². The number of ether oxygens (including phenoxy) is 1. The topological polar surface area (TPSA) is 54.1 Å². The van der Waals surface area contributed by atoms with Crippen LogP contribution in [0.5, 0.6) is 0 Å². The number of carbonyl (C=O) groups is 1. The number of hydrogen-bond acceptors (Lipinski definition) is 2. The molecule has 0 fully saturated rings. The zero-order valence-electron chi connectivity index (χ0n) is 13.3. The molecule has 1 amide bonds. The quantitative estimate of drug-likeness (QED) is 0.757. The van der Waals surface area contributed by atoms with Crippen molar-refractivity contribution in [3.63, 3.8) is 0 Å². The molecule has 2 N–H and O–H groups in total. The SMILES string of the molecule is COCc1cccc(CNC(=O)c2cc3cc(C)ccc3[nH]2)c1. The number of aryl methyl sites for hydroxylation is 1. The molecule has 1 aromatic heterocycles. The van der Waals surface area contributed by atoms with Crippen LogP contribution in [0.3, 0.4) is 0 Å². The largest absolute Gasteiger partial charge is 0.380 e. The number of nitrogens with one attached hydrogen (secondary N) is 2. The summed E-state index contributed by atoms with van der Waals surface area (Å²) in [7, 11) is 1.67. The second-order valence-electron chi connectivity index (χ2n) is 5.71. The Morgan fingerprint density at radius 2 is 1.96 bits per heavy atom. The molecule has 0 unspecified atom stereocenters. The monoisotopic (exact) mass is 308 g/mol. The second-order valence-corrected chi connectivity index (χ2v) is 5.71. The molecule has 0 atom stereocenters. The van der Waals surface area contributed by atoms with Crippen molar-refractivity contribution in [1.29, 1.82) is 0 Å². The van der Waals surface area contributed by atoms with Crippen LogP contribution in [-0.2, 0) is 17.9 Å². The van der Waals surface area contributed by atoms with Crippen LogP contribution in [0.1, 0.15) is 27.2 Å². The fraction of sp³-hybridized carbons (Fsp3) is 0.211. The van der Waals surface area contributed by atoms with Crippen LogP contribution in [0.2, 0.25) is 0 Å². The predicted molar refractivity (Wildman–Crippen MR) is 91.4 cm³/mol. The van der Waals surface area contributed by atoms with Gasteiger partial charge in [0.2, 0.25) is 0 Å². The van der Waals surface area contributed by atoms with Gasteiger partial charge in [-0.15, -0.1) is 0 Å². The summed E-state index contributed by atoms with van der Waals surface area (Å²) in [5, 5.41) is 4.00. The number of methoxy groups -OCH3 is 1. The van der Waals surface area contributed by atoms with Crippen LogP contribution in [0.25, 0.3) is 10.9 Å². The van der Waals surface area contributed by atoms with E-state index in [4.69, 9.17) is 4.74 Å². The molecular formula is C19H20N2O2. The number of benzene rings is 2. The van der Waals surface area contributed by atoms with Crippen molar-refractivity contribution >= 4 is 16.8 Å². The molecule has 0 saturated heterocycles. The average Bonchev–Trinajstić information content (AvgIpc) is 2.96. The van der Waals surface area contributed by atoms with E-state index in [9.17, 15) is 4.79 Å². The van der Waals surface area contributed by atoms with Gasteiger partial charge in [-0.3, -0.25) is 4.79 Å². The third-order valence-corrected chi connectivity index (χ3v) is 3.78. The molecule has 4 nitrogen and oxygen atoms in total. The molecule has 0 aliphatic carbocycles. The highest BCUT2D eigenvalue weighted by atomic mass is 16.5. The van der Waals surface area contributed by atoms with E-state index in [1.807, 2.05) is 49.4 Å². The average molecular weight is 308 g/mol. The second kappa shape index (κ2) is 6.67. The normalized spacial score (nSPS) is 10.9. The van der Waals surface area contributed by atoms with Crippen molar-refractivity contribution in [3.8, 4) is 0 Å². The molecule has 0 saturated carbocycles. The molecule has 0 radical (unpaired) electrons. The lowest BCUT2D eigenvalue weighted by Gasteiger charge is -2.06. The summed E-state index contributed by atoms with van der Waals surface area (Å²) in [4.78, 5) is 15.5. The fourth-order valence-corrected chi connectivity index (χ4v) is 2.65. The zero-order chi connectivity index (χ0) is 16.2. The number of rotatable bonds is 5. The van der Waals surface area contributed by atoms with Gasteiger partial charge in [-0.25, -0.2) is 0 Å². The number of carbonyl (C=O) groups excluding carboxylic acids is 1. The molecule has 4 heteroatoms. The maximum Gasteiger partial charge on any atom is 0.267 e. The summed E-state index contributed by atoms with van der Waals surface area (Å²) in [6.07, 6.45) is 0. The Kier molecular flexibility index (Phi) is 4.44. The van der Waals surface area contributed by atoms with E-state index in [1.165, 1.54) is 5.56 Å². The summed E-state index contributed by atoms with van der Waals surface area (Å²) < 4.78 is 5.13. The van der Waals surface area contributed by atoms with Crippen LogP contribution >= 0.6 is 0 Å². The van der Waals surface area contributed by atoms with Gasteiger partial charge >= 0.3 is 0 Å². The molecule has 0 aliphatic rings. The minimum absolute atomic E-state index is 0.101. The van der Waals surface area contributed by atoms with Crippen molar-refractivity contribution in [1.82, 2.24) is 10.3 Å². The van der Waals surface area contributed by atoms with Crippen LogP contribution in [0.15, 0.2) is 48.5 Å². The number of hydrogen-bond donors (Lipinski definition) is 2. The Bertz CT molecular complexity index is 836. The molecular weight excluding hydrogens is 288 g/mol. The molecule has 2 aromatic carbocycles. The van der Waals surface area contributed by atoms with Gasteiger partial charge in [0, 0.05) is 24.6 Å². The first-order valence-electron chi connectivity index (χ1n) is 7.60. The van der Waals surface area contributed by atoms with Crippen molar-refractivity contribution < 1.29 is 9.53 Å². The van der Waals surface area contributed by atoms with Crippen LogP contribution in [0, 0.1) is 6.92 Å². The Balaban J connectivity index is 1.69. The first-order chi connectivity index (χ1) is 11.2. The Morgan fingerprint density at radius 1 is 1.13 bits per heavy atom. The van der Waals surface area contributed by atoms with Crippen LogP contribution in [-0.4, -0.2) is 18.0 Å². The van der Waals surface area contributed by atoms with E-state index in [1.54, 1.807) is 7.11 Å². The Morgan fingerprint density at radius 3 is 2.78 bits per heavy atom. The van der Waals surface area contributed by atoms with E-state index in [-0.39, 0.29) is 5.91 Å². The van der Waals surface area contributed by atoms with Crippen molar-refractivity contribution in [2.24, 2.45) is 0 Å². The van der Waals surface area contributed by atoms with E-state index in [0.29, 0.717) is 18.8 Å². The first-order valence-corrected chi connectivity index (χ1v) is 7.60. The minimum atomic E-state index is -0.101. The summed E-state index contributed by atoms with van der Waals surface area (Å²) in [6, 6.07) is 16.0. The lowest BCUT2D eigenvalue weighted by atomic mass is 10.1. The highest BCUT2D eigenvalue weighted by molar-refractivity contribution is 5.98. The van der Waals surface area contributed by atoms with Gasteiger partial charge in [0.25, 0.3) is 5.91 Å². The highest BCUT2D eigenvalue weighted by Gasteiger charge is 2.09. The van der Waals surface area contributed by atoms with Gasteiger partial charge in [-0.05, 0) is 36.2 Å². The maximum absolute atomic E-state index is 12.3. The summed E-state index contributed by atoms with van der Waals surface area (Å²) in [6.45, 7) is 3.10. The first kappa shape index (κ1) is 15.3. The van der Waals surface area contributed by atoms with E-state index in [2.05, 4.69) is 16.4 Å². The minimum Gasteiger partial charge on any atom is -0.380 e. The molecule has 0 bridgehead atoms. The smallest absolute Gasteiger partial charge is 0.267 e. The van der Waals surface area contributed by atoms with E-state index in [0.717, 1.165) is 22.0 Å². The number of aromatic amines is 1. The van der Waals surface area contributed by atoms with Crippen molar-refractivity contribution in [2.75, 3.05) is 7.11 Å². The molecule has 3 aromatic rings. The Labute approximate surface area is 135 Å². The lowest BCUT2D eigenvalue weighted by molar-refractivity contribution is 0.0946. The predicted octanol–water partition coefficient (Wildman–Crippen LogP) is 3.55. The molecule has 1 heterocycles. The van der Waals surface area contributed by atoms with Gasteiger partial charge in [-0.1, -0.05) is 35.9 Å². The maximum atomic E-state index is 12.3. The number of amides is 1. The Hall–Kier alpha value is -2.59. The third kappa shape index (κ3) is 3.60. The van der Waals surface area contributed by atoms with E-state index < -0.39 is 0 Å². The standard InChI is InChI=1S/C19H20N2O2/c1-13-6-7-17-16(8-13)10-18(21-17)19(22)20-11-14-4-3-5-15(9-14)12-23-2/h3-10,21H,11-12H2,1-2H3,(H,20,22). The molecule has 118 valence electrons. The van der Waals surface area contributed by atoms with Gasteiger partial charge in [0.1, 0.15) is 5.69 Å². The number of aromatic nitrogens is 1. The van der Waals surface area contributed by atoms with Gasteiger partial charge < -0.3 is 15.0 Å². The zero-order valence-corrected chi connectivity index (χ0v) is 13.3. The molecule has 0 spiro atoms. The van der Waals surface area contributed by atoms with E-state index >= 15 is 0 Å². The highest BCUT2D eigenvalue weighted by Crippen LogP contribution is 2.17. The summed E-state index contributed by atoms with van der Waals surface area (Å²) >= 11 is 0. The van der Waals surface area contributed by atoms with Crippen LogP contribution < -0.4 is 5.32 Å². The van der Waals surface area contributed by atoms with Gasteiger partial charge in [-0.2, -0.15) is 0 Å². The molecule has 23 heavy (non-hydrogen) atoms.